The maximum absolute atomic E-state index is 15.6. The first-order chi connectivity index (χ1) is 23.7. The van der Waals surface area contributed by atoms with E-state index in [1.165, 1.54) is 6.92 Å². The molecule has 1 fully saturated rings. The number of hydrogen-bond acceptors (Lipinski definition) is 9. The number of methoxy groups -OCH3 is 1. The molecule has 258 valence electrons. The number of nitrogens with zero attached hydrogens (tertiary/aromatic N) is 4. The number of likely N-dealkylation sites (tertiary alicyclic amines) is 1. The number of carbonyl (C=O) groups is 2. The monoisotopic (exact) mass is 708 g/mol. The number of pyridine rings is 3. The van der Waals surface area contributed by atoms with Gasteiger partial charge in [-0.1, -0.05) is 41.4 Å². The molecular weight excluding hydrogens is 670 g/mol. The van der Waals surface area contributed by atoms with E-state index in [0.29, 0.717) is 89.0 Å². The molecule has 0 spiro atoms. The minimum atomic E-state index is -0.484. The highest BCUT2D eigenvalue weighted by atomic mass is 35.5. The molecule has 4 heterocycles. The van der Waals surface area contributed by atoms with E-state index in [2.05, 4.69) is 31.2 Å². The van der Waals surface area contributed by atoms with Crippen LogP contribution in [0.1, 0.15) is 37.8 Å². The van der Waals surface area contributed by atoms with Gasteiger partial charge in [0.25, 0.3) is 0 Å². The first kappa shape index (κ1) is 35.9. The van der Waals surface area contributed by atoms with Crippen LogP contribution in [0.15, 0.2) is 54.9 Å². The lowest BCUT2D eigenvalue weighted by atomic mass is 10.0. The summed E-state index contributed by atoms with van der Waals surface area (Å²) in [6, 6.07) is 12.7. The highest BCUT2D eigenvalue weighted by molar-refractivity contribution is 6.39. The molecule has 0 saturated carbocycles. The molecule has 3 aromatic heterocycles. The van der Waals surface area contributed by atoms with Crippen molar-refractivity contribution in [2.75, 3.05) is 38.6 Å². The Kier molecular flexibility index (Phi) is 12.4. The summed E-state index contributed by atoms with van der Waals surface area (Å²) in [6.45, 7) is 6.35. The molecule has 1 saturated heterocycles. The fourth-order valence-electron chi connectivity index (χ4n) is 5.61. The van der Waals surface area contributed by atoms with Crippen molar-refractivity contribution in [3.8, 4) is 28.4 Å². The zero-order valence-corrected chi connectivity index (χ0v) is 29.1. The van der Waals surface area contributed by atoms with Crippen LogP contribution in [0.3, 0.4) is 0 Å². The van der Waals surface area contributed by atoms with Crippen LogP contribution in [-0.4, -0.2) is 71.0 Å². The summed E-state index contributed by atoms with van der Waals surface area (Å²) in [5.41, 5.74) is 3.93. The second-order valence-electron chi connectivity index (χ2n) is 11.6. The number of hydrogen-bond donors (Lipinski definition) is 4. The van der Waals surface area contributed by atoms with Crippen molar-refractivity contribution in [2.24, 2.45) is 0 Å². The Labute approximate surface area is 295 Å². The molecule has 0 atom stereocenters. The van der Waals surface area contributed by atoms with Crippen LogP contribution in [0, 0.1) is 5.82 Å². The number of benzene rings is 1. The van der Waals surface area contributed by atoms with Crippen LogP contribution in [0.5, 0.6) is 5.88 Å². The zero-order chi connectivity index (χ0) is 34.9. The minimum absolute atomic E-state index is 0.0403. The fraction of sp³-hybridized carbons (Fsp3) is 0.343. The molecule has 0 unspecified atom stereocenters. The van der Waals surface area contributed by atoms with Gasteiger partial charge < -0.3 is 30.9 Å². The summed E-state index contributed by atoms with van der Waals surface area (Å²) in [6.07, 6.45) is 4.80. The Morgan fingerprint density at radius 3 is 2.45 bits per heavy atom. The van der Waals surface area contributed by atoms with E-state index in [1.807, 2.05) is 17.0 Å². The molecule has 11 nitrogen and oxygen atoms in total. The lowest BCUT2D eigenvalue weighted by Crippen LogP contribution is -2.44. The fourth-order valence-corrected chi connectivity index (χ4v) is 6.18. The maximum Gasteiger partial charge on any atom is 0.219 e. The third kappa shape index (κ3) is 9.01. The van der Waals surface area contributed by atoms with Crippen molar-refractivity contribution in [3.05, 3.63) is 81.8 Å². The van der Waals surface area contributed by atoms with Crippen LogP contribution < -0.4 is 26.0 Å². The van der Waals surface area contributed by atoms with Gasteiger partial charge in [0.2, 0.25) is 17.7 Å². The standard InChI is InChI=1S/C35H39Cl2FN8O3/c1-21(47)40-16-15-39-19-24-7-8-28(45-35(24)49-3)26-10-14-41-33(31(26)37)27-5-4-6-29(30(27)36)44-34-32(38)23(9-13-42-34)20-43-25-11-17-46(18-12-25)22(2)48/h4-10,13-14,25,39,43H,11-12,15-20H2,1-3H3,(H,40,47)(H,42,44). The van der Waals surface area contributed by atoms with Gasteiger partial charge in [-0.15, -0.1) is 0 Å². The van der Waals surface area contributed by atoms with E-state index < -0.39 is 5.82 Å². The summed E-state index contributed by atoms with van der Waals surface area (Å²) in [4.78, 5) is 38.0. The number of amides is 2. The first-order valence-corrected chi connectivity index (χ1v) is 16.7. The molecule has 4 aromatic rings. The number of aromatic nitrogens is 3. The maximum atomic E-state index is 15.6. The molecule has 5 rings (SSSR count). The predicted molar refractivity (Wildman–Crippen MR) is 189 cm³/mol. The quantitative estimate of drug-likeness (QED) is 0.129. The number of anilines is 2. The number of halogens is 3. The second kappa shape index (κ2) is 16.8. The lowest BCUT2D eigenvalue weighted by molar-refractivity contribution is -0.130. The van der Waals surface area contributed by atoms with E-state index in [-0.39, 0.29) is 23.7 Å². The SMILES string of the molecule is COc1nc(-c2ccnc(-c3cccc(Nc4nccc(CNC5CCN(C(C)=O)CC5)c4F)c3Cl)c2Cl)ccc1CNCCNC(C)=O. The van der Waals surface area contributed by atoms with Gasteiger partial charge in [0.05, 0.1) is 34.2 Å². The summed E-state index contributed by atoms with van der Waals surface area (Å²) in [5.74, 6) is -0.00901. The predicted octanol–water partition coefficient (Wildman–Crippen LogP) is 5.73. The highest BCUT2D eigenvalue weighted by Gasteiger charge is 2.22. The van der Waals surface area contributed by atoms with Crippen LogP contribution in [0.25, 0.3) is 22.5 Å². The summed E-state index contributed by atoms with van der Waals surface area (Å²) in [5, 5.41) is 13.1. The van der Waals surface area contributed by atoms with E-state index in [4.69, 9.17) is 32.9 Å². The topological polar surface area (TPSA) is 133 Å². The molecule has 1 aliphatic heterocycles. The van der Waals surface area contributed by atoms with Gasteiger partial charge in [-0.3, -0.25) is 14.6 Å². The molecule has 0 bridgehead atoms. The number of carbonyl (C=O) groups excluding carboxylic acids is 2. The average Bonchev–Trinajstić information content (AvgIpc) is 3.09. The van der Waals surface area contributed by atoms with Gasteiger partial charge in [-0.05, 0) is 37.1 Å². The average molecular weight is 710 g/mol. The van der Waals surface area contributed by atoms with Gasteiger partial charge in [0.1, 0.15) is 0 Å². The summed E-state index contributed by atoms with van der Waals surface area (Å²) < 4.78 is 21.2. The van der Waals surface area contributed by atoms with Gasteiger partial charge in [0.15, 0.2) is 11.6 Å². The minimum Gasteiger partial charge on any atom is -0.481 e. The molecule has 0 aliphatic carbocycles. The lowest BCUT2D eigenvalue weighted by Gasteiger charge is -2.31. The van der Waals surface area contributed by atoms with Crippen molar-refractivity contribution in [2.45, 2.75) is 45.8 Å². The van der Waals surface area contributed by atoms with E-state index in [9.17, 15) is 9.59 Å². The van der Waals surface area contributed by atoms with Gasteiger partial charge in [-0.25, -0.2) is 14.4 Å². The van der Waals surface area contributed by atoms with Crippen molar-refractivity contribution in [3.63, 3.8) is 0 Å². The van der Waals surface area contributed by atoms with Crippen molar-refractivity contribution in [1.82, 2.24) is 35.8 Å². The van der Waals surface area contributed by atoms with Crippen molar-refractivity contribution < 1.29 is 18.7 Å². The van der Waals surface area contributed by atoms with E-state index >= 15 is 4.39 Å². The molecular formula is C35H39Cl2FN8O3. The Hall–Kier alpha value is -4.36. The molecule has 0 radical (unpaired) electrons. The third-order valence-corrected chi connectivity index (χ3v) is 9.08. The molecule has 2 amide bonds. The number of rotatable bonds is 13. The first-order valence-electron chi connectivity index (χ1n) is 16.0. The molecule has 1 aromatic carbocycles. The van der Waals surface area contributed by atoms with Gasteiger partial charge in [-0.2, -0.15) is 0 Å². The number of piperidine rings is 1. The second-order valence-corrected chi connectivity index (χ2v) is 12.4. The summed E-state index contributed by atoms with van der Waals surface area (Å²) in [7, 11) is 1.55. The Morgan fingerprint density at radius 1 is 0.939 bits per heavy atom. The molecule has 1 aliphatic rings. The van der Waals surface area contributed by atoms with Crippen LogP contribution in [0.2, 0.25) is 10.0 Å². The van der Waals surface area contributed by atoms with Crippen LogP contribution >= 0.6 is 23.2 Å². The zero-order valence-electron chi connectivity index (χ0n) is 27.6. The molecule has 4 N–H and O–H groups in total. The van der Waals surface area contributed by atoms with E-state index in [1.54, 1.807) is 56.8 Å². The smallest absolute Gasteiger partial charge is 0.219 e. The van der Waals surface area contributed by atoms with Crippen molar-refractivity contribution in [1.29, 1.82) is 0 Å². The number of nitrogens with one attached hydrogen (secondary N) is 4. The third-order valence-electron chi connectivity index (χ3n) is 8.29. The largest absolute Gasteiger partial charge is 0.481 e. The highest BCUT2D eigenvalue weighted by Crippen LogP contribution is 2.41. The van der Waals surface area contributed by atoms with Crippen LogP contribution in [0.4, 0.5) is 15.9 Å². The van der Waals surface area contributed by atoms with Crippen LogP contribution in [-0.2, 0) is 22.7 Å². The Balaban J connectivity index is 1.31. The Bertz CT molecular complexity index is 1800. The Morgan fingerprint density at radius 2 is 1.71 bits per heavy atom. The van der Waals surface area contributed by atoms with Crippen molar-refractivity contribution >= 4 is 46.5 Å². The van der Waals surface area contributed by atoms with E-state index in [0.717, 1.165) is 18.4 Å². The molecule has 14 heteroatoms. The number of ether oxygens (including phenoxy) is 1. The summed E-state index contributed by atoms with van der Waals surface area (Å²) >= 11 is 13.8. The molecule has 49 heavy (non-hydrogen) atoms. The normalized spacial score (nSPS) is 13.3. The van der Waals surface area contributed by atoms with Gasteiger partial charge >= 0.3 is 0 Å². The van der Waals surface area contributed by atoms with Gasteiger partial charge in [0, 0.05) is 93.8 Å².